The van der Waals surface area contributed by atoms with E-state index in [-0.39, 0.29) is 18.0 Å². The van der Waals surface area contributed by atoms with Gasteiger partial charge in [-0.3, -0.25) is 0 Å². The molecule has 3 rings (SSSR count). The molecule has 1 saturated heterocycles. The molecule has 29 heavy (non-hydrogen) atoms. The minimum atomic E-state index is -0.598. The van der Waals surface area contributed by atoms with Crippen LogP contribution in [0, 0.1) is 0 Å². The highest BCUT2D eigenvalue weighted by Crippen LogP contribution is 2.40. The minimum Gasteiger partial charge on any atom is -0.496 e. The second-order valence-corrected chi connectivity index (χ2v) is 7.63. The summed E-state index contributed by atoms with van der Waals surface area (Å²) in [5.41, 5.74) is 0.554. The number of methoxy groups -OCH3 is 2. The first-order valence-corrected chi connectivity index (χ1v) is 9.35. The van der Waals surface area contributed by atoms with Crippen molar-refractivity contribution in [2.24, 2.45) is 0 Å². The normalized spacial score (nSPS) is 17.3. The van der Waals surface area contributed by atoms with Crippen LogP contribution in [0.15, 0.2) is 12.1 Å². The van der Waals surface area contributed by atoms with E-state index in [1.54, 1.807) is 19.1 Å². The molecule has 1 aromatic carbocycles. The van der Waals surface area contributed by atoms with Gasteiger partial charge in [-0.1, -0.05) is 0 Å². The van der Waals surface area contributed by atoms with Crippen LogP contribution >= 0.6 is 0 Å². The molecule has 9 nitrogen and oxygen atoms in total. The minimum absolute atomic E-state index is 0.0480. The van der Waals surface area contributed by atoms with Crippen LogP contribution in [-0.4, -0.2) is 60.5 Å². The molecule has 0 bridgehead atoms. The van der Waals surface area contributed by atoms with Crippen molar-refractivity contribution in [3.63, 3.8) is 0 Å². The van der Waals surface area contributed by atoms with E-state index < -0.39 is 24.3 Å². The van der Waals surface area contributed by atoms with Crippen LogP contribution in [0.4, 0.5) is 0 Å². The second kappa shape index (κ2) is 7.68. The number of aromatic amines is 1. The molecule has 1 fully saturated rings. The largest absolute Gasteiger partial charge is 0.496 e. The molecule has 0 saturated carbocycles. The average molecular weight is 403 g/mol. The van der Waals surface area contributed by atoms with Crippen LogP contribution in [0.2, 0.25) is 0 Å². The van der Waals surface area contributed by atoms with Crippen molar-refractivity contribution in [1.82, 2.24) is 15.4 Å². The average Bonchev–Trinajstić information content (AvgIpc) is 3.22. The number of aromatic nitrogens is 3. The van der Waals surface area contributed by atoms with Crippen molar-refractivity contribution < 1.29 is 28.3 Å². The molecule has 0 aliphatic carbocycles. The van der Waals surface area contributed by atoms with Crippen molar-refractivity contribution in [1.29, 1.82) is 0 Å². The van der Waals surface area contributed by atoms with E-state index in [1.165, 1.54) is 14.2 Å². The Bertz CT molecular complexity index is 870. The van der Waals surface area contributed by atoms with Crippen LogP contribution in [0.5, 0.6) is 11.5 Å². The van der Waals surface area contributed by atoms with Crippen LogP contribution in [0.1, 0.15) is 45.1 Å². The standard InChI is InChI=1S/C19H26BN3O6/c1-8-27-17(24)16-15(21-23-22-16)14-12(25-6)9-11(10-13(14)26-7)20-28-18(2,3)19(4,5)29-20/h9-10H,8H2,1-7H3,(H,21,22,23). The van der Waals surface area contributed by atoms with Crippen molar-refractivity contribution in [3.05, 3.63) is 17.8 Å². The number of ether oxygens (including phenoxy) is 3. The van der Waals surface area contributed by atoms with Gasteiger partial charge >= 0.3 is 13.1 Å². The molecule has 0 radical (unpaired) electrons. The maximum Gasteiger partial charge on any atom is 0.495 e. The molecule has 1 aliphatic rings. The fraction of sp³-hybridized carbons (Fsp3) is 0.526. The Kier molecular flexibility index (Phi) is 5.60. The summed E-state index contributed by atoms with van der Waals surface area (Å²) >= 11 is 0. The molecule has 1 aromatic heterocycles. The Morgan fingerprint density at radius 2 is 1.62 bits per heavy atom. The topological polar surface area (TPSA) is 105 Å². The Morgan fingerprint density at radius 1 is 1.07 bits per heavy atom. The molecule has 1 aliphatic heterocycles. The summed E-state index contributed by atoms with van der Waals surface area (Å²) in [6.07, 6.45) is 0. The van der Waals surface area contributed by atoms with Gasteiger partial charge in [-0.05, 0) is 52.2 Å². The van der Waals surface area contributed by atoms with Crippen molar-refractivity contribution in [2.75, 3.05) is 20.8 Å². The van der Waals surface area contributed by atoms with Crippen molar-refractivity contribution in [3.8, 4) is 22.8 Å². The monoisotopic (exact) mass is 403 g/mol. The molecule has 156 valence electrons. The number of benzene rings is 1. The molecular weight excluding hydrogens is 377 g/mol. The van der Waals surface area contributed by atoms with Crippen LogP contribution < -0.4 is 14.9 Å². The van der Waals surface area contributed by atoms with E-state index in [4.69, 9.17) is 23.5 Å². The lowest BCUT2D eigenvalue weighted by Crippen LogP contribution is -2.41. The number of rotatable bonds is 6. The third-order valence-electron chi connectivity index (χ3n) is 5.31. The molecule has 10 heteroatoms. The Balaban J connectivity index is 2.08. The maximum atomic E-state index is 12.3. The Morgan fingerprint density at radius 3 is 2.10 bits per heavy atom. The molecule has 0 amide bonds. The van der Waals surface area contributed by atoms with Gasteiger partial charge in [-0.2, -0.15) is 10.3 Å². The number of nitrogens with zero attached hydrogens (tertiary/aromatic N) is 2. The molecule has 2 aromatic rings. The lowest BCUT2D eigenvalue weighted by atomic mass is 9.78. The first-order valence-electron chi connectivity index (χ1n) is 9.35. The molecule has 0 atom stereocenters. The smallest absolute Gasteiger partial charge is 0.495 e. The summed E-state index contributed by atoms with van der Waals surface area (Å²) in [4.78, 5) is 12.3. The summed E-state index contributed by atoms with van der Waals surface area (Å²) in [5.74, 6) is 0.289. The zero-order valence-corrected chi connectivity index (χ0v) is 17.8. The van der Waals surface area contributed by atoms with Crippen LogP contribution in [0.3, 0.4) is 0 Å². The summed E-state index contributed by atoms with van der Waals surface area (Å²) in [6, 6.07) is 3.56. The van der Waals surface area contributed by atoms with E-state index in [1.807, 2.05) is 27.7 Å². The van der Waals surface area contributed by atoms with Gasteiger partial charge in [0.25, 0.3) is 0 Å². The van der Waals surface area contributed by atoms with E-state index in [0.717, 1.165) is 5.46 Å². The molecule has 0 spiro atoms. The Labute approximate surface area is 170 Å². The van der Waals surface area contributed by atoms with Crippen molar-refractivity contribution in [2.45, 2.75) is 45.8 Å². The SMILES string of the molecule is CCOC(=O)c1n[nH]nc1-c1c(OC)cc(B2OC(C)(C)C(C)(C)O2)cc1OC. The van der Waals surface area contributed by atoms with Gasteiger partial charge in [0.05, 0.1) is 37.6 Å². The number of carbonyl (C=O) groups excluding carboxylic acids is 1. The van der Waals surface area contributed by atoms with Gasteiger partial charge in [0.2, 0.25) is 0 Å². The fourth-order valence-corrected chi connectivity index (χ4v) is 3.03. The van der Waals surface area contributed by atoms with Gasteiger partial charge < -0.3 is 23.5 Å². The van der Waals surface area contributed by atoms with Gasteiger partial charge in [-0.25, -0.2) is 4.79 Å². The number of carbonyl (C=O) groups is 1. The molecule has 2 heterocycles. The predicted molar refractivity (Wildman–Crippen MR) is 107 cm³/mol. The summed E-state index contributed by atoms with van der Waals surface area (Å²) in [7, 11) is 2.45. The molecule has 0 unspecified atom stereocenters. The zero-order chi connectivity index (χ0) is 21.4. The van der Waals surface area contributed by atoms with Gasteiger partial charge in [-0.15, -0.1) is 5.10 Å². The Hall–Kier alpha value is -2.59. The van der Waals surface area contributed by atoms with Crippen LogP contribution in [-0.2, 0) is 14.0 Å². The number of hydrogen-bond acceptors (Lipinski definition) is 8. The summed E-state index contributed by atoms with van der Waals surface area (Å²) in [5, 5.41) is 10.5. The third kappa shape index (κ3) is 3.69. The molecule has 1 N–H and O–H groups in total. The number of H-pyrrole nitrogens is 1. The van der Waals surface area contributed by atoms with Gasteiger partial charge in [0.1, 0.15) is 17.2 Å². The first-order chi connectivity index (χ1) is 13.6. The van der Waals surface area contributed by atoms with E-state index in [2.05, 4.69) is 15.4 Å². The third-order valence-corrected chi connectivity index (χ3v) is 5.31. The van der Waals surface area contributed by atoms with Gasteiger partial charge in [0, 0.05) is 0 Å². The van der Waals surface area contributed by atoms with E-state index in [9.17, 15) is 4.79 Å². The number of nitrogens with one attached hydrogen (secondary N) is 1. The highest BCUT2D eigenvalue weighted by Gasteiger charge is 2.52. The van der Waals surface area contributed by atoms with Gasteiger partial charge in [0.15, 0.2) is 5.69 Å². The van der Waals surface area contributed by atoms with E-state index >= 15 is 0 Å². The number of esters is 1. The zero-order valence-electron chi connectivity index (χ0n) is 17.8. The summed E-state index contributed by atoms with van der Waals surface area (Å²) in [6.45, 7) is 9.87. The number of hydrogen-bond donors (Lipinski definition) is 1. The first kappa shape index (κ1) is 21.1. The quantitative estimate of drug-likeness (QED) is 0.577. The maximum absolute atomic E-state index is 12.3. The van der Waals surface area contributed by atoms with Crippen LogP contribution in [0.25, 0.3) is 11.3 Å². The predicted octanol–water partition coefficient (Wildman–Crippen LogP) is 1.96. The lowest BCUT2D eigenvalue weighted by Gasteiger charge is -2.32. The molecular formula is C19H26BN3O6. The fourth-order valence-electron chi connectivity index (χ4n) is 3.03. The highest BCUT2D eigenvalue weighted by atomic mass is 16.7. The summed E-state index contributed by atoms with van der Waals surface area (Å²) < 4.78 is 28.5. The highest BCUT2D eigenvalue weighted by molar-refractivity contribution is 6.62. The van der Waals surface area contributed by atoms with Crippen molar-refractivity contribution >= 4 is 18.6 Å². The lowest BCUT2D eigenvalue weighted by molar-refractivity contribution is 0.00578. The second-order valence-electron chi connectivity index (χ2n) is 7.63. The van der Waals surface area contributed by atoms with E-state index in [0.29, 0.717) is 17.1 Å².